The Morgan fingerprint density at radius 1 is 1.38 bits per heavy atom. The summed E-state index contributed by atoms with van der Waals surface area (Å²) in [6, 6.07) is 0. The first-order chi connectivity index (χ1) is 5.78. The van der Waals surface area contributed by atoms with Crippen LogP contribution in [0.25, 0.3) is 0 Å². The van der Waals surface area contributed by atoms with Crippen LogP contribution in [0.1, 0.15) is 13.3 Å². The number of carboxylic acid groups (broad SMARTS) is 2. The lowest BCUT2D eigenvalue weighted by Gasteiger charge is -2.17. The summed E-state index contributed by atoms with van der Waals surface area (Å²) < 4.78 is 0. The first-order valence-electron chi connectivity index (χ1n) is 3.34. The van der Waals surface area contributed by atoms with E-state index >= 15 is 0 Å². The quantitative estimate of drug-likeness (QED) is 0.316. The van der Waals surface area contributed by atoms with Gasteiger partial charge in [-0.05, 0) is 6.92 Å². The van der Waals surface area contributed by atoms with Crippen molar-refractivity contribution in [1.29, 1.82) is 0 Å². The molecule has 7 heteroatoms. The molecule has 0 aromatic rings. The minimum atomic E-state index is -1.80. The van der Waals surface area contributed by atoms with Gasteiger partial charge in [-0.15, -0.1) is 0 Å². The molecule has 7 nitrogen and oxygen atoms in total. The van der Waals surface area contributed by atoms with Gasteiger partial charge in [-0.2, -0.15) is 0 Å². The Hall–Kier alpha value is -1.79. The zero-order valence-electron chi connectivity index (χ0n) is 7.02. The zero-order valence-corrected chi connectivity index (χ0v) is 7.02. The van der Waals surface area contributed by atoms with Crippen molar-refractivity contribution < 1.29 is 19.8 Å². The van der Waals surface area contributed by atoms with Crippen molar-refractivity contribution in [1.82, 2.24) is 0 Å². The van der Waals surface area contributed by atoms with Crippen LogP contribution in [0.15, 0.2) is 4.99 Å². The predicted octanol–water partition coefficient (Wildman–Crippen LogP) is -1.42. The molecule has 0 saturated heterocycles. The summed E-state index contributed by atoms with van der Waals surface area (Å²) in [5, 5.41) is 17.0. The number of aliphatic imine (C=N–C) groups is 1. The summed E-state index contributed by atoms with van der Waals surface area (Å²) in [5.41, 5.74) is 8.13. The number of hydrogen-bond acceptors (Lipinski definition) is 3. The van der Waals surface area contributed by atoms with Gasteiger partial charge in [0, 0.05) is 0 Å². The molecule has 13 heavy (non-hydrogen) atoms. The Bertz CT molecular complexity index is 259. The van der Waals surface area contributed by atoms with Crippen LogP contribution < -0.4 is 11.5 Å². The molecule has 1 unspecified atom stereocenters. The van der Waals surface area contributed by atoms with Crippen LogP contribution in [0, 0.1) is 0 Å². The summed E-state index contributed by atoms with van der Waals surface area (Å²) in [5.74, 6) is -3.12. The van der Waals surface area contributed by atoms with Crippen molar-refractivity contribution in [3.05, 3.63) is 0 Å². The van der Waals surface area contributed by atoms with Gasteiger partial charge in [0.15, 0.2) is 11.5 Å². The first kappa shape index (κ1) is 11.2. The second-order valence-electron chi connectivity index (χ2n) is 2.69. The highest BCUT2D eigenvalue weighted by atomic mass is 16.4. The average molecular weight is 189 g/mol. The van der Waals surface area contributed by atoms with Crippen LogP contribution >= 0.6 is 0 Å². The standard InChI is InChI=1S/C6H11N3O4/c1-6(4(12)13,2-3(10)11)9-5(7)8/h2H2,1H3,(H,10,11)(H,12,13)(H4,7,8,9). The normalized spacial score (nSPS) is 14.2. The van der Waals surface area contributed by atoms with E-state index in [0.717, 1.165) is 6.92 Å². The van der Waals surface area contributed by atoms with Crippen LogP contribution in [0.2, 0.25) is 0 Å². The molecule has 0 aliphatic rings. The minimum absolute atomic E-state index is 0.453. The van der Waals surface area contributed by atoms with Crippen molar-refractivity contribution in [2.24, 2.45) is 16.5 Å². The summed E-state index contributed by atoms with van der Waals surface area (Å²) in [4.78, 5) is 24.2. The maximum Gasteiger partial charge on any atom is 0.332 e. The number of rotatable bonds is 4. The van der Waals surface area contributed by atoms with Crippen molar-refractivity contribution in [3.63, 3.8) is 0 Å². The average Bonchev–Trinajstić information content (AvgIpc) is 1.82. The number of hydrogen-bond donors (Lipinski definition) is 4. The maximum absolute atomic E-state index is 10.6. The SMILES string of the molecule is CC(CC(=O)O)(N=C(N)N)C(=O)O. The highest BCUT2D eigenvalue weighted by Crippen LogP contribution is 2.15. The van der Waals surface area contributed by atoms with E-state index in [9.17, 15) is 9.59 Å². The van der Waals surface area contributed by atoms with Crippen LogP contribution in [-0.4, -0.2) is 33.7 Å². The number of nitrogens with zero attached hydrogens (tertiary/aromatic N) is 1. The molecule has 0 aromatic carbocycles. The molecule has 0 aliphatic heterocycles. The van der Waals surface area contributed by atoms with Crippen LogP contribution in [0.4, 0.5) is 0 Å². The highest BCUT2D eigenvalue weighted by Gasteiger charge is 2.35. The summed E-state index contributed by atoms with van der Waals surface area (Å²) >= 11 is 0. The van der Waals surface area contributed by atoms with Crippen LogP contribution in [0.5, 0.6) is 0 Å². The summed E-state index contributed by atoms with van der Waals surface area (Å²) in [7, 11) is 0. The first-order valence-corrected chi connectivity index (χ1v) is 3.34. The molecule has 0 spiro atoms. The predicted molar refractivity (Wildman–Crippen MR) is 44.1 cm³/mol. The lowest BCUT2D eigenvalue weighted by atomic mass is 9.99. The third-order valence-electron chi connectivity index (χ3n) is 1.33. The van der Waals surface area contributed by atoms with Gasteiger partial charge >= 0.3 is 11.9 Å². The van der Waals surface area contributed by atoms with E-state index in [-0.39, 0.29) is 0 Å². The van der Waals surface area contributed by atoms with Crippen molar-refractivity contribution >= 4 is 17.9 Å². The van der Waals surface area contributed by atoms with Gasteiger partial charge in [0.2, 0.25) is 0 Å². The molecule has 6 N–H and O–H groups in total. The van der Waals surface area contributed by atoms with E-state index in [0.29, 0.717) is 0 Å². The number of guanidine groups is 1. The van der Waals surface area contributed by atoms with E-state index in [1.165, 1.54) is 0 Å². The van der Waals surface area contributed by atoms with Gasteiger partial charge in [-0.25, -0.2) is 9.79 Å². The maximum atomic E-state index is 10.6. The molecule has 0 bridgehead atoms. The molecular weight excluding hydrogens is 178 g/mol. The Balaban J connectivity index is 4.84. The molecule has 0 amide bonds. The smallest absolute Gasteiger partial charge is 0.332 e. The Labute approximate surface area is 74.1 Å². The van der Waals surface area contributed by atoms with Crippen molar-refractivity contribution in [2.75, 3.05) is 0 Å². The lowest BCUT2D eigenvalue weighted by Crippen LogP contribution is -2.39. The molecule has 0 fully saturated rings. The number of carboxylic acids is 2. The van der Waals surface area contributed by atoms with Crippen LogP contribution in [0.3, 0.4) is 0 Å². The Morgan fingerprint density at radius 3 is 2.08 bits per heavy atom. The van der Waals surface area contributed by atoms with E-state index in [2.05, 4.69) is 4.99 Å². The highest BCUT2D eigenvalue weighted by molar-refractivity contribution is 5.88. The largest absolute Gasteiger partial charge is 0.481 e. The summed E-state index contributed by atoms with van der Waals surface area (Å²) in [6.07, 6.45) is -0.666. The van der Waals surface area contributed by atoms with Crippen molar-refractivity contribution in [2.45, 2.75) is 18.9 Å². The van der Waals surface area contributed by atoms with Crippen LogP contribution in [-0.2, 0) is 9.59 Å². The lowest BCUT2D eigenvalue weighted by molar-refractivity contribution is -0.148. The topological polar surface area (TPSA) is 139 Å². The van der Waals surface area contributed by atoms with Gasteiger partial charge in [-0.3, -0.25) is 4.79 Å². The molecular formula is C6H11N3O4. The fourth-order valence-corrected chi connectivity index (χ4v) is 0.742. The number of aliphatic carboxylic acids is 2. The second kappa shape index (κ2) is 3.74. The van der Waals surface area contributed by atoms with E-state index < -0.39 is 29.9 Å². The molecule has 74 valence electrons. The van der Waals surface area contributed by atoms with Gasteiger partial charge < -0.3 is 21.7 Å². The molecule has 0 rings (SSSR count). The third kappa shape index (κ3) is 3.41. The number of nitrogens with two attached hydrogens (primary N) is 2. The summed E-state index contributed by atoms with van der Waals surface area (Å²) in [6.45, 7) is 1.13. The minimum Gasteiger partial charge on any atom is -0.481 e. The monoisotopic (exact) mass is 189 g/mol. The van der Waals surface area contributed by atoms with Gasteiger partial charge in [0.25, 0.3) is 0 Å². The number of carbonyl (C=O) groups is 2. The fraction of sp³-hybridized carbons (Fsp3) is 0.500. The molecule has 0 aromatic heterocycles. The molecule has 0 aliphatic carbocycles. The fourth-order valence-electron chi connectivity index (χ4n) is 0.742. The van der Waals surface area contributed by atoms with E-state index in [4.69, 9.17) is 21.7 Å². The van der Waals surface area contributed by atoms with Crippen molar-refractivity contribution in [3.8, 4) is 0 Å². The molecule has 0 saturated carbocycles. The van der Waals surface area contributed by atoms with Gasteiger partial charge in [0.1, 0.15) is 0 Å². The Kier molecular flexibility index (Phi) is 3.23. The molecule has 0 radical (unpaired) electrons. The third-order valence-corrected chi connectivity index (χ3v) is 1.33. The van der Waals surface area contributed by atoms with E-state index in [1.54, 1.807) is 0 Å². The zero-order chi connectivity index (χ0) is 10.6. The molecule has 1 atom stereocenters. The second-order valence-corrected chi connectivity index (χ2v) is 2.69. The van der Waals surface area contributed by atoms with Gasteiger partial charge in [-0.1, -0.05) is 0 Å². The molecule has 0 heterocycles. The van der Waals surface area contributed by atoms with Gasteiger partial charge in [0.05, 0.1) is 6.42 Å². The Morgan fingerprint density at radius 2 is 1.85 bits per heavy atom. The van der Waals surface area contributed by atoms with E-state index in [1.807, 2.05) is 0 Å².